The van der Waals surface area contributed by atoms with Crippen LogP contribution in [0.1, 0.15) is 55.1 Å². The molecule has 1 aromatic carbocycles. The average molecular weight is 336 g/mol. The molecule has 0 radical (unpaired) electrons. The van der Waals surface area contributed by atoms with Gasteiger partial charge in [0.1, 0.15) is 5.82 Å². The maximum absolute atomic E-state index is 4.76. The molecule has 25 heavy (non-hydrogen) atoms. The van der Waals surface area contributed by atoms with Gasteiger partial charge in [0.2, 0.25) is 0 Å². The highest BCUT2D eigenvalue weighted by Gasteiger charge is 2.16. The van der Waals surface area contributed by atoms with E-state index in [1.807, 2.05) is 13.1 Å². The van der Waals surface area contributed by atoms with E-state index < -0.39 is 0 Å². The van der Waals surface area contributed by atoms with E-state index >= 15 is 0 Å². The van der Waals surface area contributed by atoms with E-state index in [4.69, 9.17) is 4.98 Å². The zero-order valence-electron chi connectivity index (χ0n) is 16.1. The first kappa shape index (κ1) is 17.5. The topological polar surface area (TPSA) is 42.7 Å². The van der Waals surface area contributed by atoms with Crippen molar-refractivity contribution in [3.05, 3.63) is 46.8 Å². The highest BCUT2D eigenvalue weighted by molar-refractivity contribution is 5.92. The summed E-state index contributed by atoms with van der Waals surface area (Å²) >= 11 is 0. The summed E-state index contributed by atoms with van der Waals surface area (Å²) in [6, 6.07) is 6.97. The number of aromatic nitrogens is 3. The van der Waals surface area contributed by atoms with Crippen molar-refractivity contribution >= 4 is 22.4 Å². The average Bonchev–Trinajstić information content (AvgIpc) is 2.96. The van der Waals surface area contributed by atoms with Crippen LogP contribution in [0, 0.1) is 27.7 Å². The zero-order valence-corrected chi connectivity index (χ0v) is 16.1. The second-order valence-electron chi connectivity index (χ2n) is 7.00. The van der Waals surface area contributed by atoms with Crippen LogP contribution in [0.25, 0.3) is 10.9 Å². The minimum absolute atomic E-state index is 0.426. The van der Waals surface area contributed by atoms with Gasteiger partial charge >= 0.3 is 0 Å². The summed E-state index contributed by atoms with van der Waals surface area (Å²) in [6.07, 6.45) is 4.10. The Morgan fingerprint density at radius 1 is 1.00 bits per heavy atom. The minimum Gasteiger partial charge on any atom is -0.339 e. The molecule has 3 aromatic rings. The third kappa shape index (κ3) is 3.26. The van der Waals surface area contributed by atoms with Crippen molar-refractivity contribution in [3.8, 4) is 0 Å². The number of rotatable bonds is 5. The van der Waals surface area contributed by atoms with Crippen LogP contribution in [0.5, 0.6) is 0 Å². The van der Waals surface area contributed by atoms with Crippen LogP contribution in [-0.4, -0.2) is 14.8 Å². The number of benzene rings is 1. The first-order chi connectivity index (χ1) is 11.9. The Kier molecular flexibility index (Phi) is 4.80. The Balaban J connectivity index is 2.12. The lowest BCUT2D eigenvalue weighted by Crippen LogP contribution is -2.08. The Hall–Kier alpha value is -2.36. The Labute approximate surface area is 150 Å². The van der Waals surface area contributed by atoms with Gasteiger partial charge in [-0.25, -0.2) is 4.98 Å². The molecule has 1 N–H and O–H groups in total. The molecule has 0 unspecified atom stereocenters. The van der Waals surface area contributed by atoms with Gasteiger partial charge in [-0.1, -0.05) is 31.5 Å². The third-order valence-electron chi connectivity index (χ3n) is 4.93. The smallest absolute Gasteiger partial charge is 0.141 e. The third-order valence-corrected chi connectivity index (χ3v) is 4.93. The van der Waals surface area contributed by atoms with Gasteiger partial charge in [-0.2, -0.15) is 5.10 Å². The van der Waals surface area contributed by atoms with Gasteiger partial charge in [0.25, 0.3) is 0 Å². The second-order valence-corrected chi connectivity index (χ2v) is 7.00. The van der Waals surface area contributed by atoms with Crippen LogP contribution >= 0.6 is 0 Å². The van der Waals surface area contributed by atoms with Crippen molar-refractivity contribution in [2.24, 2.45) is 0 Å². The van der Waals surface area contributed by atoms with Gasteiger partial charge in [0.15, 0.2) is 0 Å². The van der Waals surface area contributed by atoms with Crippen LogP contribution in [0.2, 0.25) is 0 Å². The van der Waals surface area contributed by atoms with E-state index in [0.29, 0.717) is 6.04 Å². The molecule has 0 amide bonds. The summed E-state index contributed by atoms with van der Waals surface area (Å²) in [5.41, 5.74) is 7.06. The van der Waals surface area contributed by atoms with Gasteiger partial charge in [-0.15, -0.1) is 0 Å². The minimum atomic E-state index is 0.426. The van der Waals surface area contributed by atoms with Crippen molar-refractivity contribution in [1.29, 1.82) is 0 Å². The van der Waals surface area contributed by atoms with Crippen molar-refractivity contribution in [1.82, 2.24) is 14.8 Å². The maximum atomic E-state index is 4.76. The zero-order chi connectivity index (χ0) is 18.1. The van der Waals surface area contributed by atoms with Gasteiger partial charge in [-0.3, -0.25) is 4.68 Å². The Morgan fingerprint density at radius 3 is 2.24 bits per heavy atom. The Bertz CT molecular complexity index is 881. The summed E-state index contributed by atoms with van der Waals surface area (Å²) in [5, 5.41) is 9.33. The summed E-state index contributed by atoms with van der Waals surface area (Å²) in [7, 11) is 0. The molecule has 0 spiro atoms. The van der Waals surface area contributed by atoms with Gasteiger partial charge in [0.05, 0.1) is 23.1 Å². The molecule has 0 aliphatic rings. The van der Waals surface area contributed by atoms with E-state index in [-0.39, 0.29) is 0 Å². The molecule has 2 heterocycles. The summed E-state index contributed by atoms with van der Waals surface area (Å²) in [4.78, 5) is 4.76. The van der Waals surface area contributed by atoms with E-state index in [1.54, 1.807) is 0 Å². The first-order valence-electron chi connectivity index (χ1n) is 9.14. The highest BCUT2D eigenvalue weighted by atomic mass is 15.3. The largest absolute Gasteiger partial charge is 0.339 e. The van der Waals surface area contributed by atoms with Crippen molar-refractivity contribution in [3.63, 3.8) is 0 Å². The standard InChI is InChI=1S/C21H28N4/c1-7-17(8-2)25-19-11-16(6)23-21(18(19)12-22-25)24-20-14(4)9-13(3)10-15(20)5/h9-12,17H,7-8H2,1-6H3,(H,23,24). The maximum Gasteiger partial charge on any atom is 0.141 e. The van der Waals surface area contributed by atoms with Gasteiger partial charge < -0.3 is 5.32 Å². The first-order valence-corrected chi connectivity index (χ1v) is 9.14. The number of aryl methyl sites for hydroxylation is 4. The second kappa shape index (κ2) is 6.87. The SMILES string of the molecule is CCC(CC)n1ncc2c(Nc3c(C)cc(C)cc3C)nc(C)cc21. The van der Waals surface area contributed by atoms with E-state index in [9.17, 15) is 0 Å². The fourth-order valence-corrected chi connectivity index (χ4v) is 3.68. The summed E-state index contributed by atoms with van der Waals surface area (Å²) in [6.45, 7) is 12.9. The summed E-state index contributed by atoms with van der Waals surface area (Å²) < 4.78 is 2.16. The molecule has 0 aliphatic heterocycles. The molecule has 0 saturated carbocycles. The molecular formula is C21H28N4. The van der Waals surface area contributed by atoms with E-state index in [2.05, 4.69) is 67.9 Å². The number of nitrogens with one attached hydrogen (secondary N) is 1. The number of pyridine rings is 1. The molecule has 0 aliphatic carbocycles. The fraction of sp³-hybridized carbons (Fsp3) is 0.429. The quantitative estimate of drug-likeness (QED) is 0.643. The summed E-state index contributed by atoms with van der Waals surface area (Å²) in [5.74, 6) is 0.891. The molecule has 132 valence electrons. The lowest BCUT2D eigenvalue weighted by atomic mass is 10.0. The number of hydrogen-bond donors (Lipinski definition) is 1. The lowest BCUT2D eigenvalue weighted by Gasteiger charge is -2.16. The highest BCUT2D eigenvalue weighted by Crippen LogP contribution is 2.31. The molecule has 0 bridgehead atoms. The number of hydrogen-bond acceptors (Lipinski definition) is 3. The van der Waals surface area contributed by atoms with Crippen LogP contribution in [0.3, 0.4) is 0 Å². The Morgan fingerprint density at radius 2 is 1.64 bits per heavy atom. The van der Waals surface area contributed by atoms with Crippen LogP contribution in [-0.2, 0) is 0 Å². The molecule has 0 saturated heterocycles. The molecular weight excluding hydrogens is 308 g/mol. The van der Waals surface area contributed by atoms with Gasteiger partial charge in [-0.05, 0) is 57.7 Å². The van der Waals surface area contributed by atoms with Crippen molar-refractivity contribution in [2.45, 2.75) is 60.4 Å². The number of fused-ring (bicyclic) bond motifs is 1. The van der Waals surface area contributed by atoms with E-state index in [0.717, 1.165) is 40.9 Å². The lowest BCUT2D eigenvalue weighted by molar-refractivity contribution is 0.441. The normalized spacial score (nSPS) is 11.5. The van der Waals surface area contributed by atoms with Gasteiger partial charge in [0, 0.05) is 11.4 Å². The predicted octanol–water partition coefficient (Wildman–Crippen LogP) is 5.77. The van der Waals surface area contributed by atoms with Crippen LogP contribution in [0.4, 0.5) is 11.5 Å². The van der Waals surface area contributed by atoms with E-state index in [1.165, 1.54) is 16.7 Å². The molecule has 3 rings (SSSR count). The fourth-order valence-electron chi connectivity index (χ4n) is 3.68. The monoisotopic (exact) mass is 336 g/mol. The molecule has 0 fully saturated rings. The van der Waals surface area contributed by atoms with Crippen molar-refractivity contribution < 1.29 is 0 Å². The van der Waals surface area contributed by atoms with Crippen molar-refractivity contribution in [2.75, 3.05) is 5.32 Å². The molecule has 0 atom stereocenters. The number of nitrogens with zero attached hydrogens (tertiary/aromatic N) is 3. The molecule has 4 nitrogen and oxygen atoms in total. The van der Waals surface area contributed by atoms with Crippen LogP contribution in [0.15, 0.2) is 24.4 Å². The predicted molar refractivity (Wildman–Crippen MR) is 106 cm³/mol. The molecule has 2 aromatic heterocycles. The number of anilines is 2. The van der Waals surface area contributed by atoms with Crippen LogP contribution < -0.4 is 5.32 Å². The molecule has 4 heteroatoms.